The van der Waals surface area contributed by atoms with Gasteiger partial charge in [0.1, 0.15) is 0 Å². The van der Waals surface area contributed by atoms with E-state index < -0.39 is 0 Å². The van der Waals surface area contributed by atoms with E-state index in [4.69, 9.17) is 4.42 Å². The summed E-state index contributed by atoms with van der Waals surface area (Å²) < 4.78 is 5.40. The highest BCUT2D eigenvalue weighted by Gasteiger charge is 2.29. The third kappa shape index (κ3) is 5.79. The summed E-state index contributed by atoms with van der Waals surface area (Å²) in [4.78, 5) is 16.7. The molecule has 0 spiro atoms. The molecule has 28 heavy (non-hydrogen) atoms. The first-order valence-corrected chi connectivity index (χ1v) is 10.7. The molecule has 0 saturated carbocycles. The summed E-state index contributed by atoms with van der Waals surface area (Å²) >= 11 is 2.04. The lowest BCUT2D eigenvalue weighted by Crippen LogP contribution is -2.43. The molecule has 1 aromatic heterocycles. The van der Waals surface area contributed by atoms with Crippen LogP contribution in [-0.2, 0) is 6.54 Å². The van der Waals surface area contributed by atoms with Crippen molar-refractivity contribution in [2.75, 3.05) is 24.2 Å². The van der Waals surface area contributed by atoms with Crippen LogP contribution in [0, 0.1) is 0 Å². The standard InChI is InChI=1S/C21H28N4O2S/c1-3-22-20(24-15-21(2)11-5-13-28-21)23-14-16-7-9-17(10-8-16)25-19(26)18-6-4-12-27-18/h4,6-10,12H,3,5,11,13-15H2,1-2H3,(H,25,26)(H2,22,23,24). The van der Waals surface area contributed by atoms with Gasteiger partial charge in [-0.1, -0.05) is 12.1 Å². The molecule has 1 amide bonds. The molecule has 1 aliphatic heterocycles. The number of carbonyl (C=O) groups is 1. The predicted octanol–water partition coefficient (Wildman–Crippen LogP) is 3.87. The number of furan rings is 1. The summed E-state index contributed by atoms with van der Waals surface area (Å²) in [5.41, 5.74) is 1.81. The fourth-order valence-corrected chi connectivity index (χ4v) is 4.30. The molecule has 0 radical (unpaired) electrons. The highest BCUT2D eigenvalue weighted by atomic mass is 32.2. The summed E-state index contributed by atoms with van der Waals surface area (Å²) in [5.74, 6) is 2.12. The Bertz CT molecular complexity index is 781. The van der Waals surface area contributed by atoms with Crippen molar-refractivity contribution in [1.29, 1.82) is 0 Å². The Balaban J connectivity index is 1.54. The third-order valence-corrected chi connectivity index (χ3v) is 6.19. The van der Waals surface area contributed by atoms with Crippen molar-refractivity contribution in [1.82, 2.24) is 10.6 Å². The molecule has 2 aromatic rings. The molecule has 1 atom stereocenters. The number of hydrogen-bond donors (Lipinski definition) is 3. The monoisotopic (exact) mass is 400 g/mol. The minimum Gasteiger partial charge on any atom is -0.459 e. The number of aliphatic imine (C=N–C) groups is 1. The van der Waals surface area contributed by atoms with E-state index in [1.165, 1.54) is 24.9 Å². The second-order valence-corrected chi connectivity index (χ2v) is 8.76. The summed E-state index contributed by atoms with van der Waals surface area (Å²) in [6.45, 7) is 6.71. The number of amides is 1. The van der Waals surface area contributed by atoms with Gasteiger partial charge in [0, 0.05) is 23.5 Å². The number of thioether (sulfide) groups is 1. The highest BCUT2D eigenvalue weighted by molar-refractivity contribution is 8.00. The van der Waals surface area contributed by atoms with Gasteiger partial charge in [-0.3, -0.25) is 4.79 Å². The van der Waals surface area contributed by atoms with Crippen LogP contribution < -0.4 is 16.0 Å². The SMILES string of the molecule is CCNC(=NCc1ccc(NC(=O)c2ccco2)cc1)NCC1(C)CCCS1. The largest absolute Gasteiger partial charge is 0.459 e. The molecule has 1 aromatic carbocycles. The van der Waals surface area contributed by atoms with E-state index in [2.05, 4.69) is 34.8 Å². The molecule has 150 valence electrons. The molecule has 7 heteroatoms. The van der Waals surface area contributed by atoms with Crippen LogP contribution >= 0.6 is 11.8 Å². The van der Waals surface area contributed by atoms with E-state index in [1.807, 2.05) is 36.0 Å². The minimum atomic E-state index is -0.257. The van der Waals surface area contributed by atoms with Crippen molar-refractivity contribution < 1.29 is 9.21 Å². The molecular weight excluding hydrogens is 372 g/mol. The Morgan fingerprint density at radius 2 is 2.07 bits per heavy atom. The van der Waals surface area contributed by atoms with Gasteiger partial charge in [-0.25, -0.2) is 4.99 Å². The molecular formula is C21H28N4O2S. The predicted molar refractivity (Wildman–Crippen MR) is 116 cm³/mol. The topological polar surface area (TPSA) is 78.7 Å². The second kappa shape index (κ2) is 9.68. The average molecular weight is 401 g/mol. The van der Waals surface area contributed by atoms with E-state index in [0.717, 1.165) is 30.3 Å². The van der Waals surface area contributed by atoms with Crippen LogP contribution in [0.3, 0.4) is 0 Å². The van der Waals surface area contributed by atoms with Crippen LogP contribution in [0.1, 0.15) is 42.8 Å². The zero-order chi connectivity index (χ0) is 19.8. The van der Waals surface area contributed by atoms with Crippen LogP contribution in [0.4, 0.5) is 5.69 Å². The molecule has 3 N–H and O–H groups in total. The number of guanidine groups is 1. The smallest absolute Gasteiger partial charge is 0.291 e. The zero-order valence-corrected chi connectivity index (χ0v) is 17.3. The fraction of sp³-hybridized carbons (Fsp3) is 0.429. The Morgan fingerprint density at radius 1 is 1.25 bits per heavy atom. The van der Waals surface area contributed by atoms with Gasteiger partial charge in [0.15, 0.2) is 11.7 Å². The van der Waals surface area contributed by atoms with Gasteiger partial charge in [-0.15, -0.1) is 0 Å². The number of anilines is 1. The Hall–Kier alpha value is -2.41. The fourth-order valence-electron chi connectivity index (χ4n) is 3.05. The maximum Gasteiger partial charge on any atom is 0.291 e. The summed E-state index contributed by atoms with van der Waals surface area (Å²) in [6.07, 6.45) is 4.02. The van der Waals surface area contributed by atoms with E-state index >= 15 is 0 Å². The van der Waals surface area contributed by atoms with Gasteiger partial charge in [0.2, 0.25) is 0 Å². The molecule has 1 fully saturated rings. The molecule has 0 aliphatic carbocycles. The van der Waals surface area contributed by atoms with E-state index in [1.54, 1.807) is 12.1 Å². The van der Waals surface area contributed by atoms with Gasteiger partial charge >= 0.3 is 0 Å². The van der Waals surface area contributed by atoms with E-state index in [0.29, 0.717) is 17.1 Å². The number of rotatable bonds is 7. The second-order valence-electron chi connectivity index (χ2n) is 7.08. The zero-order valence-electron chi connectivity index (χ0n) is 16.5. The lowest BCUT2D eigenvalue weighted by molar-refractivity contribution is 0.0996. The van der Waals surface area contributed by atoms with Gasteiger partial charge in [0.25, 0.3) is 5.91 Å². The van der Waals surface area contributed by atoms with Crippen molar-refractivity contribution in [3.05, 3.63) is 54.0 Å². The van der Waals surface area contributed by atoms with Gasteiger partial charge in [-0.05, 0) is 62.3 Å². The van der Waals surface area contributed by atoms with Crippen molar-refractivity contribution in [2.24, 2.45) is 4.99 Å². The summed E-state index contributed by atoms with van der Waals surface area (Å²) in [7, 11) is 0. The molecule has 1 saturated heterocycles. The number of benzene rings is 1. The van der Waals surface area contributed by atoms with Crippen LogP contribution in [0.15, 0.2) is 52.1 Å². The first-order chi connectivity index (χ1) is 13.6. The van der Waals surface area contributed by atoms with Crippen molar-refractivity contribution in [3.8, 4) is 0 Å². The summed E-state index contributed by atoms with van der Waals surface area (Å²) in [6, 6.07) is 11.0. The molecule has 3 rings (SSSR count). The third-order valence-electron chi connectivity index (χ3n) is 4.65. The molecule has 1 aliphatic rings. The van der Waals surface area contributed by atoms with Gasteiger partial charge in [0.05, 0.1) is 12.8 Å². The number of hydrogen-bond acceptors (Lipinski definition) is 4. The van der Waals surface area contributed by atoms with Crippen LogP contribution in [0.25, 0.3) is 0 Å². The Morgan fingerprint density at radius 3 is 2.71 bits per heavy atom. The lowest BCUT2D eigenvalue weighted by Gasteiger charge is -2.24. The van der Waals surface area contributed by atoms with Gasteiger partial charge < -0.3 is 20.4 Å². The number of nitrogens with zero attached hydrogens (tertiary/aromatic N) is 1. The molecule has 0 bridgehead atoms. The summed E-state index contributed by atoms with van der Waals surface area (Å²) in [5, 5.41) is 9.60. The lowest BCUT2D eigenvalue weighted by atomic mass is 10.1. The highest BCUT2D eigenvalue weighted by Crippen LogP contribution is 2.36. The van der Waals surface area contributed by atoms with Crippen molar-refractivity contribution in [2.45, 2.75) is 38.0 Å². The van der Waals surface area contributed by atoms with E-state index in [9.17, 15) is 4.79 Å². The first-order valence-electron chi connectivity index (χ1n) is 9.68. The normalized spacial score (nSPS) is 19.4. The van der Waals surface area contributed by atoms with Crippen molar-refractivity contribution >= 4 is 29.3 Å². The molecule has 1 unspecified atom stereocenters. The van der Waals surface area contributed by atoms with Crippen LogP contribution in [-0.4, -0.2) is 35.5 Å². The molecule has 2 heterocycles. The number of carbonyl (C=O) groups excluding carboxylic acids is 1. The Labute approximate surface area is 170 Å². The quantitative estimate of drug-likeness (QED) is 0.486. The van der Waals surface area contributed by atoms with E-state index in [-0.39, 0.29) is 5.91 Å². The minimum absolute atomic E-state index is 0.257. The first kappa shape index (κ1) is 20.3. The van der Waals surface area contributed by atoms with Gasteiger partial charge in [-0.2, -0.15) is 11.8 Å². The maximum absolute atomic E-state index is 12.0. The number of nitrogens with one attached hydrogen (secondary N) is 3. The van der Waals surface area contributed by atoms with Crippen LogP contribution in [0.5, 0.6) is 0 Å². The maximum atomic E-state index is 12.0. The van der Waals surface area contributed by atoms with Crippen molar-refractivity contribution in [3.63, 3.8) is 0 Å². The average Bonchev–Trinajstić information content (AvgIpc) is 3.38. The Kier molecular flexibility index (Phi) is 7.03. The van der Waals surface area contributed by atoms with Crippen LogP contribution in [0.2, 0.25) is 0 Å². The molecule has 6 nitrogen and oxygen atoms in total.